The van der Waals surface area contributed by atoms with E-state index in [4.69, 9.17) is 0 Å². The number of nitrogens with one attached hydrogen (secondary N) is 2. The van der Waals surface area contributed by atoms with Gasteiger partial charge in [0.05, 0.1) is 10.7 Å². The van der Waals surface area contributed by atoms with Gasteiger partial charge < -0.3 is 10.6 Å². The van der Waals surface area contributed by atoms with Crippen molar-refractivity contribution in [1.82, 2.24) is 30.2 Å². The van der Waals surface area contributed by atoms with Crippen molar-refractivity contribution in [3.8, 4) is 0 Å². The van der Waals surface area contributed by atoms with Crippen molar-refractivity contribution >= 4 is 46.9 Å². The quantitative estimate of drug-likeness (QED) is 0.216. The minimum atomic E-state index is 0. The van der Waals surface area contributed by atoms with Crippen LogP contribution in [-0.4, -0.2) is 45.2 Å². The van der Waals surface area contributed by atoms with E-state index in [9.17, 15) is 0 Å². The van der Waals surface area contributed by atoms with E-state index in [1.165, 1.54) is 0 Å². The van der Waals surface area contributed by atoms with Gasteiger partial charge in [0.25, 0.3) is 0 Å². The summed E-state index contributed by atoms with van der Waals surface area (Å²) in [6.07, 6.45) is 4.68. The van der Waals surface area contributed by atoms with Crippen LogP contribution in [0.2, 0.25) is 0 Å². The van der Waals surface area contributed by atoms with E-state index in [2.05, 4.69) is 43.1 Å². The minimum Gasteiger partial charge on any atom is -0.357 e. The molecule has 0 atom stereocenters. The molecule has 0 fully saturated rings. The summed E-state index contributed by atoms with van der Waals surface area (Å²) < 4.78 is 2.03. The molecule has 0 radical (unpaired) electrons. The van der Waals surface area contributed by atoms with E-state index in [1.54, 1.807) is 11.3 Å². The van der Waals surface area contributed by atoms with E-state index in [-0.39, 0.29) is 24.0 Å². The molecule has 0 saturated carbocycles. The van der Waals surface area contributed by atoms with Gasteiger partial charge in [-0.2, -0.15) is 0 Å². The van der Waals surface area contributed by atoms with Gasteiger partial charge in [0, 0.05) is 44.1 Å². The molecule has 27 heavy (non-hydrogen) atoms. The number of aliphatic imine (C=N–C) groups is 1. The largest absolute Gasteiger partial charge is 0.357 e. The van der Waals surface area contributed by atoms with Gasteiger partial charge >= 0.3 is 0 Å². The number of rotatable bonds is 8. The highest BCUT2D eigenvalue weighted by Crippen LogP contribution is 2.08. The lowest BCUT2D eigenvalue weighted by molar-refractivity contribution is 0.748. The number of aryl methyl sites for hydroxylation is 2. The first kappa shape index (κ1) is 21.5. The standard InChI is InChI=1S/C18H25N7S.HI/c1-3-19-18(21-11-9-15-13-26-14(2)22-15)20-10-6-8-17-24-23-16-7-4-5-12-25(16)17;/h4-5,7,12-13H,3,6,8-11H2,1-2H3,(H2,19,20,21);1H. The van der Waals surface area contributed by atoms with Gasteiger partial charge in [0.2, 0.25) is 0 Å². The fraction of sp³-hybridized carbons (Fsp3) is 0.444. The van der Waals surface area contributed by atoms with Gasteiger partial charge in [-0.05, 0) is 32.4 Å². The normalized spacial score (nSPS) is 11.4. The van der Waals surface area contributed by atoms with E-state index in [0.717, 1.165) is 67.0 Å². The van der Waals surface area contributed by atoms with Crippen molar-refractivity contribution in [2.24, 2.45) is 4.99 Å². The molecule has 3 heterocycles. The van der Waals surface area contributed by atoms with Gasteiger partial charge in [-0.15, -0.1) is 45.5 Å². The summed E-state index contributed by atoms with van der Waals surface area (Å²) in [5, 5.41) is 18.3. The summed E-state index contributed by atoms with van der Waals surface area (Å²) >= 11 is 1.69. The Morgan fingerprint density at radius 1 is 1.22 bits per heavy atom. The molecular formula is C18H26IN7S. The topological polar surface area (TPSA) is 79.5 Å². The molecule has 0 saturated heterocycles. The lowest BCUT2D eigenvalue weighted by atomic mass is 10.3. The molecule has 0 aliphatic heterocycles. The first-order valence-corrected chi connectivity index (χ1v) is 9.86. The van der Waals surface area contributed by atoms with Crippen molar-refractivity contribution in [1.29, 1.82) is 0 Å². The molecule has 3 aromatic heterocycles. The number of nitrogens with zero attached hydrogens (tertiary/aromatic N) is 5. The maximum atomic E-state index is 4.65. The fourth-order valence-corrected chi connectivity index (χ4v) is 3.31. The van der Waals surface area contributed by atoms with E-state index in [0.29, 0.717) is 0 Å². The van der Waals surface area contributed by atoms with Gasteiger partial charge in [-0.1, -0.05) is 6.07 Å². The number of thiazole rings is 1. The number of halogens is 1. The van der Waals surface area contributed by atoms with Crippen LogP contribution in [0.4, 0.5) is 0 Å². The van der Waals surface area contributed by atoms with Crippen LogP contribution < -0.4 is 10.6 Å². The molecular weight excluding hydrogens is 473 g/mol. The Hall–Kier alpha value is -1.75. The fourth-order valence-electron chi connectivity index (χ4n) is 2.66. The summed E-state index contributed by atoms with van der Waals surface area (Å²) in [4.78, 5) is 9.13. The average Bonchev–Trinajstić information content (AvgIpc) is 3.25. The SMILES string of the molecule is CCNC(=NCCCc1nnc2ccccn12)NCCc1csc(C)n1.I. The third-order valence-corrected chi connectivity index (χ3v) is 4.72. The first-order chi connectivity index (χ1) is 12.8. The van der Waals surface area contributed by atoms with Crippen LogP contribution in [-0.2, 0) is 12.8 Å². The third-order valence-electron chi connectivity index (χ3n) is 3.90. The molecule has 0 aliphatic carbocycles. The Bertz CT molecular complexity index is 858. The Morgan fingerprint density at radius 3 is 2.89 bits per heavy atom. The monoisotopic (exact) mass is 499 g/mol. The summed E-state index contributed by atoms with van der Waals surface area (Å²) in [6, 6.07) is 5.93. The molecule has 0 spiro atoms. The molecule has 0 aliphatic rings. The predicted molar refractivity (Wildman–Crippen MR) is 121 cm³/mol. The molecule has 9 heteroatoms. The number of hydrogen-bond acceptors (Lipinski definition) is 5. The van der Waals surface area contributed by atoms with Gasteiger partial charge in [-0.25, -0.2) is 4.98 Å². The van der Waals surface area contributed by atoms with Crippen LogP contribution in [0, 0.1) is 6.92 Å². The average molecular weight is 499 g/mol. The third kappa shape index (κ3) is 6.42. The Balaban J connectivity index is 0.00000261. The number of guanidine groups is 1. The molecule has 146 valence electrons. The number of hydrogen-bond donors (Lipinski definition) is 2. The van der Waals surface area contributed by atoms with Crippen molar-refractivity contribution in [3.05, 3.63) is 46.3 Å². The highest BCUT2D eigenvalue weighted by molar-refractivity contribution is 14.0. The second-order valence-electron chi connectivity index (χ2n) is 5.94. The number of pyridine rings is 1. The Morgan fingerprint density at radius 2 is 2.11 bits per heavy atom. The molecule has 3 rings (SSSR count). The summed E-state index contributed by atoms with van der Waals surface area (Å²) in [5.74, 6) is 1.83. The summed E-state index contributed by atoms with van der Waals surface area (Å²) in [6.45, 7) is 6.52. The molecule has 0 unspecified atom stereocenters. The van der Waals surface area contributed by atoms with Crippen LogP contribution in [0.5, 0.6) is 0 Å². The van der Waals surface area contributed by atoms with Crippen LogP contribution in [0.3, 0.4) is 0 Å². The van der Waals surface area contributed by atoms with Gasteiger partial charge in [0.1, 0.15) is 5.82 Å². The number of fused-ring (bicyclic) bond motifs is 1. The zero-order chi connectivity index (χ0) is 18.2. The Kier molecular flexibility index (Phi) is 8.92. The van der Waals surface area contributed by atoms with Crippen LogP contribution in [0.1, 0.15) is 29.9 Å². The molecule has 0 amide bonds. The molecule has 0 bridgehead atoms. The molecule has 7 nitrogen and oxygen atoms in total. The van der Waals surface area contributed by atoms with Gasteiger partial charge in [-0.3, -0.25) is 9.39 Å². The lowest BCUT2D eigenvalue weighted by Crippen LogP contribution is -2.38. The minimum absolute atomic E-state index is 0. The lowest BCUT2D eigenvalue weighted by Gasteiger charge is -2.10. The van der Waals surface area contributed by atoms with Gasteiger partial charge in [0.15, 0.2) is 11.6 Å². The van der Waals surface area contributed by atoms with Crippen LogP contribution >= 0.6 is 35.3 Å². The number of aromatic nitrogens is 4. The summed E-state index contributed by atoms with van der Waals surface area (Å²) in [7, 11) is 0. The van der Waals surface area contributed by atoms with E-state index >= 15 is 0 Å². The summed E-state index contributed by atoms with van der Waals surface area (Å²) in [5.41, 5.74) is 2.02. The molecule has 0 aromatic carbocycles. The van der Waals surface area contributed by atoms with Crippen LogP contribution in [0.15, 0.2) is 34.8 Å². The van der Waals surface area contributed by atoms with E-state index in [1.807, 2.05) is 35.7 Å². The zero-order valence-electron chi connectivity index (χ0n) is 15.7. The van der Waals surface area contributed by atoms with Crippen molar-refractivity contribution < 1.29 is 0 Å². The molecule has 3 aromatic rings. The highest BCUT2D eigenvalue weighted by atomic mass is 127. The van der Waals surface area contributed by atoms with E-state index < -0.39 is 0 Å². The van der Waals surface area contributed by atoms with Crippen LogP contribution in [0.25, 0.3) is 5.65 Å². The smallest absolute Gasteiger partial charge is 0.191 e. The second-order valence-corrected chi connectivity index (χ2v) is 7.01. The van der Waals surface area contributed by atoms with Crippen molar-refractivity contribution in [2.45, 2.75) is 33.1 Å². The predicted octanol–water partition coefficient (Wildman–Crippen LogP) is 2.84. The first-order valence-electron chi connectivity index (χ1n) is 8.98. The molecule has 2 N–H and O–H groups in total. The maximum Gasteiger partial charge on any atom is 0.191 e. The maximum absolute atomic E-state index is 4.65. The zero-order valence-corrected chi connectivity index (χ0v) is 18.8. The van der Waals surface area contributed by atoms with Crippen molar-refractivity contribution in [3.63, 3.8) is 0 Å². The highest BCUT2D eigenvalue weighted by Gasteiger charge is 2.04. The van der Waals surface area contributed by atoms with Crippen molar-refractivity contribution in [2.75, 3.05) is 19.6 Å². The second kappa shape index (κ2) is 11.2. The Labute approximate surface area is 180 Å².